The molecule has 0 unspecified atom stereocenters. The third-order valence-corrected chi connectivity index (χ3v) is 6.65. The molecule has 4 heterocycles. The zero-order valence-corrected chi connectivity index (χ0v) is 17.4. The quantitative estimate of drug-likeness (QED) is 0.587. The van der Waals surface area contributed by atoms with E-state index >= 15 is 0 Å². The second-order valence-corrected chi connectivity index (χ2v) is 8.13. The van der Waals surface area contributed by atoms with Crippen LogP contribution in [-0.2, 0) is 0 Å². The first-order chi connectivity index (χ1) is 14.2. The van der Waals surface area contributed by atoms with Crippen LogP contribution in [0.5, 0.6) is 0 Å². The molecule has 1 aliphatic carbocycles. The van der Waals surface area contributed by atoms with Gasteiger partial charge in [0, 0.05) is 24.8 Å². The minimum Gasteiger partial charge on any atom is -0.382 e. The predicted molar refractivity (Wildman–Crippen MR) is 117 cm³/mol. The van der Waals surface area contributed by atoms with Crippen molar-refractivity contribution in [3.05, 3.63) is 23.5 Å². The minimum absolute atomic E-state index is 0.288. The van der Waals surface area contributed by atoms with Gasteiger partial charge in [0.25, 0.3) is 0 Å². The van der Waals surface area contributed by atoms with E-state index in [9.17, 15) is 0 Å². The number of nitrogen functional groups attached to an aromatic ring is 1. The molecular weight excluding hydrogens is 388 g/mol. The number of piperidine rings is 1. The fourth-order valence-electron chi connectivity index (χ4n) is 4.61. The Morgan fingerprint density at radius 1 is 1.10 bits per heavy atom. The Morgan fingerprint density at radius 3 is 2.55 bits per heavy atom. The summed E-state index contributed by atoms with van der Waals surface area (Å²) in [6.07, 6.45) is 11.5. The third-order valence-electron chi connectivity index (χ3n) is 6.25. The van der Waals surface area contributed by atoms with Crippen molar-refractivity contribution < 1.29 is 0 Å². The number of aromatic nitrogens is 5. The normalized spacial score (nSPS) is 18.1. The first kappa shape index (κ1) is 19.8. The lowest BCUT2D eigenvalue weighted by Crippen LogP contribution is -2.39. The van der Waals surface area contributed by atoms with E-state index in [1.165, 1.54) is 45.6 Å². The van der Waals surface area contributed by atoms with Gasteiger partial charge in [-0.2, -0.15) is 5.10 Å². The Morgan fingerprint density at radius 2 is 1.83 bits per heavy atom. The van der Waals surface area contributed by atoms with Gasteiger partial charge in [0.15, 0.2) is 0 Å². The number of pyridine rings is 1. The average molecular weight is 415 g/mol. The van der Waals surface area contributed by atoms with Crippen LogP contribution in [-0.4, -0.2) is 45.3 Å². The van der Waals surface area contributed by atoms with Crippen molar-refractivity contribution >= 4 is 34.4 Å². The molecule has 2 aliphatic rings. The molecule has 29 heavy (non-hydrogen) atoms. The van der Waals surface area contributed by atoms with E-state index in [0.717, 1.165) is 24.5 Å². The van der Waals surface area contributed by atoms with Gasteiger partial charge in [-0.3, -0.25) is 5.10 Å². The van der Waals surface area contributed by atoms with E-state index in [4.69, 9.17) is 22.3 Å². The number of aromatic amines is 1. The first-order valence-corrected chi connectivity index (χ1v) is 10.5. The molecule has 0 amide bonds. The Kier molecular flexibility index (Phi) is 5.56. The van der Waals surface area contributed by atoms with Crippen LogP contribution in [0.4, 0.5) is 11.6 Å². The van der Waals surface area contributed by atoms with Crippen molar-refractivity contribution in [3.63, 3.8) is 0 Å². The van der Waals surface area contributed by atoms with Crippen molar-refractivity contribution in [1.29, 1.82) is 0 Å². The van der Waals surface area contributed by atoms with Crippen LogP contribution in [0.15, 0.2) is 18.5 Å². The van der Waals surface area contributed by atoms with Gasteiger partial charge in [-0.05, 0) is 44.2 Å². The smallest absolute Gasteiger partial charge is 0.202 e. The SMILES string of the molecule is CN.Nc1nccc(-c2[nH]nc3nc(N4CCC5(CCCC5)CC4)cnc23)c1Cl. The van der Waals surface area contributed by atoms with Crippen LogP contribution in [0.1, 0.15) is 38.5 Å². The van der Waals surface area contributed by atoms with Gasteiger partial charge in [-0.15, -0.1) is 0 Å². The fourth-order valence-corrected chi connectivity index (χ4v) is 4.82. The van der Waals surface area contributed by atoms with Crippen molar-refractivity contribution in [2.45, 2.75) is 38.5 Å². The largest absolute Gasteiger partial charge is 0.382 e. The van der Waals surface area contributed by atoms with E-state index in [1.54, 1.807) is 12.3 Å². The number of hydrogen-bond acceptors (Lipinski definition) is 7. The lowest BCUT2D eigenvalue weighted by Gasteiger charge is -2.39. The topological polar surface area (TPSA) is 123 Å². The van der Waals surface area contributed by atoms with Crippen LogP contribution >= 0.6 is 11.6 Å². The number of rotatable bonds is 2. The second kappa shape index (κ2) is 8.12. The molecule has 2 fully saturated rings. The Labute approximate surface area is 175 Å². The van der Waals surface area contributed by atoms with Gasteiger partial charge in [-0.25, -0.2) is 15.0 Å². The minimum atomic E-state index is 0.288. The highest BCUT2D eigenvalue weighted by molar-refractivity contribution is 6.35. The lowest BCUT2D eigenvalue weighted by molar-refractivity contribution is 0.226. The Balaban J connectivity index is 0.000000994. The molecule has 1 saturated carbocycles. The Hall–Kier alpha value is -2.45. The summed E-state index contributed by atoms with van der Waals surface area (Å²) in [6, 6.07) is 1.80. The monoisotopic (exact) mass is 414 g/mol. The predicted octanol–water partition coefficient (Wildman–Crippen LogP) is 3.39. The average Bonchev–Trinajstić information content (AvgIpc) is 3.39. The van der Waals surface area contributed by atoms with Crippen molar-refractivity contribution in [3.8, 4) is 11.3 Å². The third kappa shape index (κ3) is 3.62. The second-order valence-electron chi connectivity index (χ2n) is 7.75. The van der Waals surface area contributed by atoms with Gasteiger partial charge in [-0.1, -0.05) is 24.4 Å². The summed E-state index contributed by atoms with van der Waals surface area (Å²) in [7, 11) is 1.50. The number of nitrogens with two attached hydrogens (primary N) is 2. The molecule has 9 heteroatoms. The van der Waals surface area contributed by atoms with Gasteiger partial charge in [0.05, 0.1) is 16.9 Å². The number of nitrogens with one attached hydrogen (secondary N) is 1. The van der Waals surface area contributed by atoms with Gasteiger partial charge in [0.2, 0.25) is 5.65 Å². The van der Waals surface area contributed by atoms with Crippen LogP contribution in [0.25, 0.3) is 22.4 Å². The zero-order chi connectivity index (χ0) is 20.4. The van der Waals surface area contributed by atoms with Crippen LogP contribution in [0, 0.1) is 5.41 Å². The maximum atomic E-state index is 6.31. The maximum absolute atomic E-state index is 6.31. The summed E-state index contributed by atoms with van der Waals surface area (Å²) in [5.74, 6) is 1.18. The van der Waals surface area contributed by atoms with Crippen LogP contribution in [0.2, 0.25) is 5.02 Å². The highest BCUT2D eigenvalue weighted by Crippen LogP contribution is 2.46. The van der Waals surface area contributed by atoms with E-state index in [1.807, 2.05) is 6.20 Å². The number of halogens is 1. The summed E-state index contributed by atoms with van der Waals surface area (Å²) in [5, 5.41) is 7.75. The Bertz CT molecular complexity index is 985. The molecule has 1 aliphatic heterocycles. The summed E-state index contributed by atoms with van der Waals surface area (Å²) in [6.45, 7) is 2.09. The molecule has 1 saturated heterocycles. The number of anilines is 2. The highest BCUT2D eigenvalue weighted by atomic mass is 35.5. The van der Waals surface area contributed by atoms with Crippen molar-refractivity contribution in [1.82, 2.24) is 25.1 Å². The van der Waals surface area contributed by atoms with Gasteiger partial charge in [0.1, 0.15) is 17.2 Å². The van der Waals surface area contributed by atoms with Gasteiger partial charge >= 0.3 is 0 Å². The zero-order valence-electron chi connectivity index (χ0n) is 16.7. The van der Waals surface area contributed by atoms with Crippen LogP contribution in [0.3, 0.4) is 0 Å². The molecule has 3 aromatic rings. The maximum Gasteiger partial charge on any atom is 0.202 e. The molecule has 0 radical (unpaired) electrons. The fraction of sp³-hybridized carbons (Fsp3) is 0.500. The summed E-state index contributed by atoms with van der Waals surface area (Å²) >= 11 is 6.31. The number of fused-ring (bicyclic) bond motifs is 1. The molecule has 154 valence electrons. The van der Waals surface area contributed by atoms with Crippen LogP contribution < -0.4 is 16.4 Å². The summed E-state index contributed by atoms with van der Waals surface area (Å²) < 4.78 is 0. The molecule has 5 N–H and O–H groups in total. The molecule has 8 nitrogen and oxygen atoms in total. The first-order valence-electron chi connectivity index (χ1n) is 10.1. The lowest BCUT2D eigenvalue weighted by atomic mass is 9.77. The van der Waals surface area contributed by atoms with E-state index in [-0.39, 0.29) is 5.82 Å². The van der Waals surface area contributed by atoms with E-state index in [2.05, 4.69) is 30.8 Å². The number of H-pyrrole nitrogens is 1. The number of nitrogens with zero attached hydrogens (tertiary/aromatic N) is 5. The molecule has 3 aromatic heterocycles. The summed E-state index contributed by atoms with van der Waals surface area (Å²) in [5.41, 5.74) is 13.6. The van der Waals surface area contributed by atoms with Crippen molar-refractivity contribution in [2.24, 2.45) is 11.1 Å². The molecular formula is C20H27ClN8. The number of hydrogen-bond donors (Lipinski definition) is 3. The van der Waals surface area contributed by atoms with E-state index in [0.29, 0.717) is 27.3 Å². The standard InChI is InChI=1S/C19H22ClN7.CH5N/c20-14-12(3-8-22-17(14)21)15-16-18(26-25-15)24-13(11-23-16)27-9-6-19(7-10-27)4-1-2-5-19;1-2/h3,8,11H,1-2,4-7,9-10H2,(H2,21,22)(H,24,25,26);2H2,1H3. The molecule has 0 aromatic carbocycles. The molecule has 1 spiro atoms. The molecule has 0 atom stereocenters. The van der Waals surface area contributed by atoms with Crippen molar-refractivity contribution in [2.75, 3.05) is 30.8 Å². The highest BCUT2D eigenvalue weighted by Gasteiger charge is 2.37. The van der Waals surface area contributed by atoms with Gasteiger partial charge < -0.3 is 16.4 Å². The molecule has 5 rings (SSSR count). The van der Waals surface area contributed by atoms with E-state index < -0.39 is 0 Å². The summed E-state index contributed by atoms with van der Waals surface area (Å²) in [4.78, 5) is 15.7. The molecule has 0 bridgehead atoms.